The molecule has 0 aliphatic rings. The largest absolute Gasteiger partial charge is 0.344 e. The fourth-order valence-electron chi connectivity index (χ4n) is 2.53. The van der Waals surface area contributed by atoms with E-state index in [9.17, 15) is 9.59 Å². The van der Waals surface area contributed by atoms with E-state index >= 15 is 0 Å². The molecule has 3 heterocycles. The number of aromatic nitrogens is 5. The van der Waals surface area contributed by atoms with Crippen LogP contribution in [-0.2, 0) is 7.05 Å². The number of hydrogen-bond acceptors (Lipinski definition) is 5. The molecule has 0 spiro atoms. The Hall–Kier alpha value is -3.29. The van der Waals surface area contributed by atoms with Crippen molar-refractivity contribution < 1.29 is 4.79 Å². The number of carbonyl (C=O) groups is 1. The van der Waals surface area contributed by atoms with Gasteiger partial charge in [0.1, 0.15) is 5.69 Å². The average molecular weight is 338 g/mol. The van der Waals surface area contributed by atoms with Gasteiger partial charge < -0.3 is 5.32 Å². The van der Waals surface area contributed by atoms with Crippen LogP contribution in [0.4, 0.5) is 0 Å². The summed E-state index contributed by atoms with van der Waals surface area (Å²) in [4.78, 5) is 28.0. The SMILES string of the molecule is Cc1c(C(C)NC(=O)c2ccc(=O)n(C)n2)cnn1-c1ccccn1. The van der Waals surface area contributed by atoms with E-state index in [1.54, 1.807) is 17.1 Å². The Labute approximate surface area is 144 Å². The zero-order chi connectivity index (χ0) is 18.0. The van der Waals surface area contributed by atoms with Crippen LogP contribution in [0, 0.1) is 6.92 Å². The second kappa shape index (κ2) is 6.68. The van der Waals surface area contributed by atoms with E-state index in [2.05, 4.69) is 20.5 Å². The van der Waals surface area contributed by atoms with E-state index < -0.39 is 0 Å². The maximum Gasteiger partial charge on any atom is 0.272 e. The summed E-state index contributed by atoms with van der Waals surface area (Å²) in [6, 6.07) is 8.04. The van der Waals surface area contributed by atoms with Crippen LogP contribution in [0.5, 0.6) is 0 Å². The molecule has 0 bridgehead atoms. The molecule has 3 rings (SSSR count). The van der Waals surface area contributed by atoms with Gasteiger partial charge in [-0.3, -0.25) is 9.59 Å². The standard InChI is InChI=1S/C17H18N6O2/c1-11(20-17(25)14-7-8-16(24)22(3)21-14)13-10-19-23(12(13)2)15-6-4-5-9-18-15/h4-11H,1-3H3,(H,20,25). The summed E-state index contributed by atoms with van der Waals surface area (Å²) in [5, 5.41) is 11.2. The third kappa shape index (κ3) is 3.32. The van der Waals surface area contributed by atoms with Crippen molar-refractivity contribution in [1.29, 1.82) is 0 Å². The minimum atomic E-state index is -0.354. The van der Waals surface area contributed by atoms with Gasteiger partial charge in [-0.2, -0.15) is 10.2 Å². The number of hydrogen-bond donors (Lipinski definition) is 1. The lowest BCUT2D eigenvalue weighted by Crippen LogP contribution is -2.30. The molecule has 1 amide bonds. The van der Waals surface area contributed by atoms with E-state index in [0.717, 1.165) is 15.9 Å². The first-order chi connectivity index (χ1) is 12.0. The van der Waals surface area contributed by atoms with Crippen LogP contribution < -0.4 is 10.9 Å². The van der Waals surface area contributed by atoms with Crippen LogP contribution in [0.25, 0.3) is 5.82 Å². The van der Waals surface area contributed by atoms with Crippen LogP contribution in [0.3, 0.4) is 0 Å². The van der Waals surface area contributed by atoms with Crippen LogP contribution in [0.15, 0.2) is 47.5 Å². The number of aryl methyl sites for hydroxylation is 1. The van der Waals surface area contributed by atoms with E-state index in [1.165, 1.54) is 19.2 Å². The number of amides is 1. The fourth-order valence-corrected chi connectivity index (χ4v) is 2.53. The maximum absolute atomic E-state index is 12.4. The zero-order valence-corrected chi connectivity index (χ0v) is 14.2. The number of pyridine rings is 1. The van der Waals surface area contributed by atoms with Gasteiger partial charge in [0.25, 0.3) is 11.5 Å². The van der Waals surface area contributed by atoms with E-state index in [4.69, 9.17) is 0 Å². The normalized spacial score (nSPS) is 12.0. The van der Waals surface area contributed by atoms with Gasteiger partial charge in [0.05, 0.1) is 12.2 Å². The van der Waals surface area contributed by atoms with E-state index in [1.807, 2.05) is 32.0 Å². The Bertz CT molecular complexity index is 961. The highest BCUT2D eigenvalue weighted by Crippen LogP contribution is 2.19. The Balaban J connectivity index is 1.81. The Kier molecular flexibility index (Phi) is 4.42. The number of nitrogens with zero attached hydrogens (tertiary/aromatic N) is 5. The van der Waals surface area contributed by atoms with Crippen molar-refractivity contribution in [3.05, 3.63) is 70.0 Å². The molecule has 0 saturated carbocycles. The summed E-state index contributed by atoms with van der Waals surface area (Å²) in [7, 11) is 1.50. The molecule has 3 aromatic heterocycles. The van der Waals surface area contributed by atoms with Gasteiger partial charge in [0, 0.05) is 30.6 Å². The van der Waals surface area contributed by atoms with Crippen LogP contribution in [0.1, 0.15) is 34.7 Å². The molecule has 1 unspecified atom stereocenters. The summed E-state index contributed by atoms with van der Waals surface area (Å²) in [6.07, 6.45) is 3.41. The first kappa shape index (κ1) is 16.6. The maximum atomic E-state index is 12.4. The lowest BCUT2D eigenvalue weighted by Gasteiger charge is -2.14. The number of rotatable bonds is 4. The molecule has 0 aromatic carbocycles. The number of nitrogens with one attached hydrogen (secondary N) is 1. The van der Waals surface area contributed by atoms with Crippen LogP contribution in [0.2, 0.25) is 0 Å². The van der Waals surface area contributed by atoms with Crippen molar-refractivity contribution in [3.63, 3.8) is 0 Å². The Morgan fingerprint density at radius 2 is 2.04 bits per heavy atom. The van der Waals surface area contributed by atoms with Crippen molar-refractivity contribution in [1.82, 2.24) is 29.9 Å². The van der Waals surface area contributed by atoms with Crippen LogP contribution in [-0.4, -0.2) is 30.5 Å². The third-order valence-corrected chi connectivity index (χ3v) is 3.92. The summed E-state index contributed by atoms with van der Waals surface area (Å²) in [6.45, 7) is 3.79. The number of carbonyl (C=O) groups excluding carboxylic acids is 1. The summed E-state index contributed by atoms with van der Waals surface area (Å²) in [5.74, 6) is 0.359. The molecule has 3 aromatic rings. The van der Waals surface area contributed by atoms with Gasteiger partial charge in [0.2, 0.25) is 0 Å². The lowest BCUT2D eigenvalue weighted by molar-refractivity contribution is 0.0932. The highest BCUT2D eigenvalue weighted by atomic mass is 16.2. The molecule has 0 aliphatic heterocycles. The molecule has 0 fully saturated rings. The van der Waals surface area contributed by atoms with Crippen molar-refractivity contribution in [2.75, 3.05) is 0 Å². The Morgan fingerprint density at radius 3 is 2.72 bits per heavy atom. The summed E-state index contributed by atoms with van der Waals surface area (Å²) in [5.41, 5.74) is 1.68. The lowest BCUT2D eigenvalue weighted by atomic mass is 10.1. The fraction of sp³-hybridized carbons (Fsp3) is 0.235. The highest BCUT2D eigenvalue weighted by molar-refractivity contribution is 5.92. The molecule has 1 atom stereocenters. The van der Waals surface area contributed by atoms with Crippen molar-refractivity contribution in [2.24, 2.45) is 7.05 Å². The second-order valence-electron chi connectivity index (χ2n) is 5.66. The minimum absolute atomic E-state index is 0.184. The monoisotopic (exact) mass is 338 g/mol. The predicted octanol–water partition coefficient (Wildman–Crippen LogP) is 1.16. The average Bonchev–Trinajstić information content (AvgIpc) is 2.99. The van der Waals surface area contributed by atoms with Crippen LogP contribution >= 0.6 is 0 Å². The van der Waals surface area contributed by atoms with Gasteiger partial charge in [-0.1, -0.05) is 6.07 Å². The molecule has 25 heavy (non-hydrogen) atoms. The molecule has 0 saturated heterocycles. The predicted molar refractivity (Wildman–Crippen MR) is 91.5 cm³/mol. The van der Waals surface area contributed by atoms with Gasteiger partial charge in [-0.05, 0) is 32.0 Å². The van der Waals surface area contributed by atoms with Gasteiger partial charge in [-0.25, -0.2) is 14.3 Å². The first-order valence-corrected chi connectivity index (χ1v) is 7.78. The van der Waals surface area contributed by atoms with Crippen molar-refractivity contribution in [2.45, 2.75) is 19.9 Å². The summed E-state index contributed by atoms with van der Waals surface area (Å²) < 4.78 is 2.85. The van der Waals surface area contributed by atoms with Crippen molar-refractivity contribution in [3.8, 4) is 5.82 Å². The quantitative estimate of drug-likeness (QED) is 0.770. The van der Waals surface area contributed by atoms with Crippen molar-refractivity contribution >= 4 is 5.91 Å². The second-order valence-corrected chi connectivity index (χ2v) is 5.66. The Morgan fingerprint density at radius 1 is 1.24 bits per heavy atom. The molecule has 0 radical (unpaired) electrons. The molecule has 8 heteroatoms. The summed E-state index contributed by atoms with van der Waals surface area (Å²) >= 11 is 0. The van der Waals surface area contributed by atoms with Gasteiger partial charge in [-0.15, -0.1) is 0 Å². The smallest absolute Gasteiger partial charge is 0.272 e. The van der Waals surface area contributed by atoms with E-state index in [-0.39, 0.29) is 23.2 Å². The highest BCUT2D eigenvalue weighted by Gasteiger charge is 2.18. The first-order valence-electron chi connectivity index (χ1n) is 7.78. The molecule has 1 N–H and O–H groups in total. The molecule has 8 nitrogen and oxygen atoms in total. The van der Waals surface area contributed by atoms with E-state index in [0.29, 0.717) is 5.82 Å². The molecular weight excluding hydrogens is 320 g/mol. The van der Waals surface area contributed by atoms with Gasteiger partial charge >= 0.3 is 0 Å². The third-order valence-electron chi connectivity index (χ3n) is 3.92. The molecule has 0 aliphatic carbocycles. The minimum Gasteiger partial charge on any atom is -0.344 e. The van der Waals surface area contributed by atoms with Gasteiger partial charge in [0.15, 0.2) is 5.82 Å². The topological polar surface area (TPSA) is 94.7 Å². The molecule has 128 valence electrons. The zero-order valence-electron chi connectivity index (χ0n) is 14.2. The molecular formula is C17H18N6O2.